The highest BCUT2D eigenvalue weighted by molar-refractivity contribution is 7.92. The lowest BCUT2D eigenvalue weighted by Gasteiger charge is -2.07. The Hall–Kier alpha value is -4.12. The zero-order valence-corrected chi connectivity index (χ0v) is 16.1. The average Bonchev–Trinajstić information content (AvgIpc) is 2.73. The highest BCUT2D eigenvalue weighted by Gasteiger charge is 2.15. The van der Waals surface area contributed by atoms with Gasteiger partial charge in [0, 0.05) is 36.3 Å². The van der Waals surface area contributed by atoms with Crippen molar-refractivity contribution in [3.63, 3.8) is 0 Å². The first-order valence-electron chi connectivity index (χ1n) is 8.47. The number of nitro groups is 1. The Labute approximate surface area is 171 Å². The lowest BCUT2D eigenvalue weighted by atomic mass is 10.2. The first kappa shape index (κ1) is 20.6. The molecule has 0 atom stereocenters. The molecule has 0 saturated carbocycles. The molecule has 2 aromatic carbocycles. The van der Waals surface area contributed by atoms with Gasteiger partial charge in [0.05, 0.1) is 9.82 Å². The summed E-state index contributed by atoms with van der Waals surface area (Å²) >= 11 is 0. The third-order valence-corrected chi connectivity index (χ3v) is 5.10. The number of anilines is 2. The number of rotatable bonds is 7. The summed E-state index contributed by atoms with van der Waals surface area (Å²) in [5.74, 6) is -0.494. The van der Waals surface area contributed by atoms with Gasteiger partial charge >= 0.3 is 0 Å². The summed E-state index contributed by atoms with van der Waals surface area (Å²) in [4.78, 5) is 29.8. The van der Waals surface area contributed by atoms with Crippen LogP contribution in [0.3, 0.4) is 0 Å². The fraction of sp³-hybridized carbons (Fsp3) is 0. The normalized spacial score (nSPS) is 11.2. The molecular weight excluding hydrogens is 410 g/mol. The molecule has 3 aromatic rings. The fourth-order valence-corrected chi connectivity index (χ4v) is 3.27. The monoisotopic (exact) mass is 425 g/mol. The van der Waals surface area contributed by atoms with Crippen LogP contribution in [0.2, 0.25) is 0 Å². The van der Waals surface area contributed by atoms with Gasteiger partial charge in [-0.15, -0.1) is 0 Å². The molecule has 152 valence electrons. The number of aromatic nitrogens is 2. The second-order valence-electron chi connectivity index (χ2n) is 5.87. The molecule has 0 saturated heterocycles. The molecule has 1 heterocycles. The van der Waals surface area contributed by atoms with Crippen LogP contribution in [0, 0.1) is 10.1 Å². The number of nitrogens with zero attached hydrogens (tertiary/aromatic N) is 3. The van der Waals surface area contributed by atoms with Crippen molar-refractivity contribution >= 4 is 39.3 Å². The molecule has 11 heteroatoms. The second-order valence-corrected chi connectivity index (χ2v) is 7.56. The van der Waals surface area contributed by atoms with Crippen LogP contribution in [0.15, 0.2) is 78.0 Å². The Morgan fingerprint density at radius 1 is 1.00 bits per heavy atom. The van der Waals surface area contributed by atoms with E-state index in [4.69, 9.17) is 0 Å². The van der Waals surface area contributed by atoms with E-state index >= 15 is 0 Å². The summed E-state index contributed by atoms with van der Waals surface area (Å²) in [5.41, 5.74) is 0.967. The van der Waals surface area contributed by atoms with Crippen molar-refractivity contribution < 1.29 is 18.1 Å². The number of benzene rings is 2. The Balaban J connectivity index is 1.62. The van der Waals surface area contributed by atoms with Gasteiger partial charge in [0.1, 0.15) is 0 Å². The average molecular weight is 425 g/mol. The first-order valence-corrected chi connectivity index (χ1v) is 9.95. The molecule has 0 fully saturated rings. The maximum absolute atomic E-state index is 12.3. The van der Waals surface area contributed by atoms with Crippen molar-refractivity contribution in [2.45, 2.75) is 4.90 Å². The SMILES string of the molecule is O=C(C=Cc1ccc([N+](=O)[O-])cc1)Nc1ccc(S(=O)(=O)Nc2ncccn2)cc1. The minimum absolute atomic E-state index is 0.0191. The van der Waals surface area contributed by atoms with Crippen LogP contribution in [-0.4, -0.2) is 29.2 Å². The van der Waals surface area contributed by atoms with E-state index in [1.54, 1.807) is 6.07 Å². The van der Waals surface area contributed by atoms with Crippen LogP contribution in [0.1, 0.15) is 5.56 Å². The van der Waals surface area contributed by atoms with Gasteiger partial charge in [-0.25, -0.2) is 23.1 Å². The molecule has 0 aliphatic carbocycles. The molecule has 0 unspecified atom stereocenters. The van der Waals surface area contributed by atoms with Crippen molar-refractivity contribution in [1.82, 2.24) is 9.97 Å². The summed E-state index contributed by atoms with van der Waals surface area (Å²) in [6.07, 6.45) is 5.59. The van der Waals surface area contributed by atoms with Crippen molar-refractivity contribution in [3.8, 4) is 0 Å². The zero-order chi connectivity index (χ0) is 21.6. The molecule has 0 spiro atoms. The minimum atomic E-state index is -3.86. The van der Waals surface area contributed by atoms with Gasteiger partial charge in [0.25, 0.3) is 15.7 Å². The Morgan fingerprint density at radius 3 is 2.23 bits per heavy atom. The number of hydrogen-bond donors (Lipinski definition) is 2. The van der Waals surface area contributed by atoms with Gasteiger partial charge in [-0.1, -0.05) is 0 Å². The van der Waals surface area contributed by atoms with Crippen molar-refractivity contribution in [2.24, 2.45) is 0 Å². The third kappa shape index (κ3) is 5.45. The van der Waals surface area contributed by atoms with E-state index < -0.39 is 20.9 Å². The molecule has 0 aliphatic rings. The van der Waals surface area contributed by atoms with Crippen molar-refractivity contribution in [1.29, 1.82) is 0 Å². The van der Waals surface area contributed by atoms with E-state index in [0.717, 1.165) is 0 Å². The van der Waals surface area contributed by atoms with Crippen molar-refractivity contribution in [2.75, 3.05) is 10.0 Å². The highest BCUT2D eigenvalue weighted by Crippen LogP contribution is 2.17. The van der Waals surface area contributed by atoms with Crippen LogP contribution >= 0.6 is 0 Å². The number of nitro benzene ring substituents is 1. The molecule has 0 radical (unpaired) electrons. The highest BCUT2D eigenvalue weighted by atomic mass is 32.2. The summed E-state index contributed by atoms with van der Waals surface area (Å²) < 4.78 is 26.9. The van der Waals surface area contributed by atoms with Gasteiger partial charge in [-0.2, -0.15) is 0 Å². The fourth-order valence-electron chi connectivity index (χ4n) is 2.31. The molecule has 0 bridgehead atoms. The standard InChI is InChI=1S/C19H15N5O5S/c25-18(11-4-14-2-7-16(8-3-14)24(26)27)22-15-5-9-17(10-6-15)30(28,29)23-19-20-12-1-13-21-19/h1-13H,(H,22,25)(H,20,21,23). The Bertz CT molecular complexity index is 1180. The van der Waals surface area contributed by atoms with Crippen LogP contribution in [0.4, 0.5) is 17.3 Å². The lowest BCUT2D eigenvalue weighted by molar-refractivity contribution is -0.384. The lowest BCUT2D eigenvalue weighted by Crippen LogP contribution is -2.15. The van der Waals surface area contributed by atoms with E-state index in [9.17, 15) is 23.3 Å². The Kier molecular flexibility index (Phi) is 6.13. The van der Waals surface area contributed by atoms with E-state index in [2.05, 4.69) is 20.0 Å². The number of sulfonamides is 1. The smallest absolute Gasteiger partial charge is 0.269 e. The second kappa shape index (κ2) is 8.92. The van der Waals surface area contributed by atoms with Crippen LogP contribution < -0.4 is 10.0 Å². The molecule has 1 aromatic heterocycles. The molecule has 0 aliphatic heterocycles. The number of amides is 1. The van der Waals surface area contributed by atoms with Crippen LogP contribution in [0.5, 0.6) is 0 Å². The maximum Gasteiger partial charge on any atom is 0.269 e. The number of hydrogen-bond acceptors (Lipinski definition) is 7. The number of nitrogens with one attached hydrogen (secondary N) is 2. The largest absolute Gasteiger partial charge is 0.323 e. The predicted molar refractivity (Wildman–Crippen MR) is 110 cm³/mol. The number of non-ortho nitro benzene ring substituents is 1. The first-order chi connectivity index (χ1) is 14.3. The summed E-state index contributed by atoms with van der Waals surface area (Å²) in [5, 5.41) is 13.2. The van der Waals surface area contributed by atoms with E-state index in [-0.39, 0.29) is 16.5 Å². The topological polar surface area (TPSA) is 144 Å². The van der Waals surface area contributed by atoms with E-state index in [0.29, 0.717) is 11.3 Å². The number of carbonyl (C=O) groups excluding carboxylic acids is 1. The van der Waals surface area contributed by atoms with Gasteiger partial charge in [-0.3, -0.25) is 14.9 Å². The predicted octanol–water partition coefficient (Wildman–Crippen LogP) is 2.84. The maximum atomic E-state index is 12.3. The zero-order valence-electron chi connectivity index (χ0n) is 15.3. The van der Waals surface area contributed by atoms with Crippen LogP contribution in [0.25, 0.3) is 6.08 Å². The molecule has 2 N–H and O–H groups in total. The van der Waals surface area contributed by atoms with E-state index in [1.165, 1.54) is 73.1 Å². The summed E-state index contributed by atoms with van der Waals surface area (Å²) in [6, 6.07) is 12.8. The Morgan fingerprint density at radius 2 is 1.63 bits per heavy atom. The molecule has 30 heavy (non-hydrogen) atoms. The summed E-state index contributed by atoms with van der Waals surface area (Å²) in [6.45, 7) is 0. The molecule has 1 amide bonds. The van der Waals surface area contributed by atoms with E-state index in [1.807, 2.05) is 0 Å². The van der Waals surface area contributed by atoms with Gasteiger partial charge < -0.3 is 5.32 Å². The quantitative estimate of drug-likeness (QED) is 0.336. The van der Waals surface area contributed by atoms with Gasteiger partial charge in [0.15, 0.2) is 0 Å². The minimum Gasteiger partial charge on any atom is -0.323 e. The number of carbonyl (C=O) groups is 1. The van der Waals surface area contributed by atoms with Gasteiger partial charge in [-0.05, 0) is 54.1 Å². The van der Waals surface area contributed by atoms with Crippen LogP contribution in [-0.2, 0) is 14.8 Å². The van der Waals surface area contributed by atoms with Gasteiger partial charge in [0.2, 0.25) is 11.9 Å². The third-order valence-electron chi connectivity index (χ3n) is 3.75. The summed E-state index contributed by atoms with van der Waals surface area (Å²) in [7, 11) is -3.86. The molecule has 10 nitrogen and oxygen atoms in total. The molecular formula is C19H15N5O5S. The van der Waals surface area contributed by atoms with Crippen molar-refractivity contribution in [3.05, 3.63) is 88.7 Å². The molecule has 3 rings (SSSR count).